The first-order valence-electron chi connectivity index (χ1n) is 6.49. The van der Waals surface area contributed by atoms with Crippen LogP contribution in [0.2, 0.25) is 0 Å². The zero-order valence-corrected chi connectivity index (χ0v) is 12.1. The van der Waals surface area contributed by atoms with Crippen molar-refractivity contribution in [2.75, 3.05) is 18.0 Å². The molecule has 1 atom stereocenters. The van der Waals surface area contributed by atoms with Crippen molar-refractivity contribution in [1.29, 1.82) is 0 Å². The van der Waals surface area contributed by atoms with Crippen molar-refractivity contribution in [2.24, 2.45) is 0 Å². The SMILES string of the molecule is CC1C(=O)NCCN1c1nc2sccn2c1C=CC(=O)O. The molecule has 0 saturated carbocycles. The minimum absolute atomic E-state index is 0.0502. The van der Waals surface area contributed by atoms with Crippen LogP contribution in [0.25, 0.3) is 11.0 Å². The summed E-state index contributed by atoms with van der Waals surface area (Å²) in [5.74, 6) is -0.428. The molecule has 1 amide bonds. The van der Waals surface area contributed by atoms with Gasteiger partial charge in [-0.25, -0.2) is 9.78 Å². The Morgan fingerprint density at radius 3 is 3.19 bits per heavy atom. The van der Waals surface area contributed by atoms with Crippen molar-refractivity contribution < 1.29 is 14.7 Å². The molecule has 0 bridgehead atoms. The van der Waals surface area contributed by atoms with E-state index in [9.17, 15) is 9.59 Å². The number of amides is 1. The summed E-state index contributed by atoms with van der Waals surface area (Å²) >= 11 is 1.47. The largest absolute Gasteiger partial charge is 0.478 e. The molecule has 1 saturated heterocycles. The Kier molecular flexibility index (Phi) is 3.38. The van der Waals surface area contributed by atoms with Crippen LogP contribution in [-0.2, 0) is 9.59 Å². The molecule has 7 nitrogen and oxygen atoms in total. The Balaban J connectivity index is 2.08. The van der Waals surface area contributed by atoms with Crippen molar-refractivity contribution in [3.8, 4) is 0 Å². The number of piperazine rings is 1. The van der Waals surface area contributed by atoms with E-state index in [0.717, 1.165) is 11.0 Å². The standard InChI is InChI=1S/C13H14N4O3S/c1-8-12(20)14-4-5-16(8)11-9(2-3-10(18)19)17-6-7-21-13(17)15-11/h2-3,6-8H,4-5H2,1H3,(H,14,20)(H,18,19). The van der Waals surface area contributed by atoms with E-state index in [1.165, 1.54) is 17.4 Å². The number of thiazole rings is 1. The molecule has 2 aromatic heterocycles. The zero-order chi connectivity index (χ0) is 15.0. The van der Waals surface area contributed by atoms with Gasteiger partial charge in [-0.3, -0.25) is 9.20 Å². The number of carbonyl (C=O) groups excluding carboxylic acids is 1. The summed E-state index contributed by atoms with van der Waals surface area (Å²) in [6, 6.07) is -0.333. The van der Waals surface area contributed by atoms with Gasteiger partial charge in [-0.15, -0.1) is 11.3 Å². The molecular weight excluding hydrogens is 292 g/mol. The van der Waals surface area contributed by atoms with E-state index in [1.807, 2.05) is 27.8 Å². The number of carboxylic acid groups (broad SMARTS) is 1. The highest BCUT2D eigenvalue weighted by Crippen LogP contribution is 2.27. The summed E-state index contributed by atoms with van der Waals surface area (Å²) in [7, 11) is 0. The van der Waals surface area contributed by atoms with Crippen LogP contribution in [0.3, 0.4) is 0 Å². The summed E-state index contributed by atoms with van der Waals surface area (Å²) < 4.78 is 1.83. The Morgan fingerprint density at radius 1 is 1.62 bits per heavy atom. The number of aromatic nitrogens is 2. The lowest BCUT2D eigenvalue weighted by Gasteiger charge is -2.33. The average Bonchev–Trinajstić information content (AvgIpc) is 3.00. The quantitative estimate of drug-likeness (QED) is 0.820. The smallest absolute Gasteiger partial charge is 0.328 e. The number of imidazole rings is 1. The van der Waals surface area contributed by atoms with Crippen molar-refractivity contribution in [3.05, 3.63) is 23.3 Å². The van der Waals surface area contributed by atoms with Crippen LogP contribution in [0, 0.1) is 0 Å². The zero-order valence-electron chi connectivity index (χ0n) is 11.3. The third kappa shape index (κ3) is 2.38. The predicted octanol–water partition coefficient (Wildman–Crippen LogP) is 0.818. The summed E-state index contributed by atoms with van der Waals surface area (Å²) in [5, 5.41) is 13.5. The summed E-state index contributed by atoms with van der Waals surface area (Å²) in [5.41, 5.74) is 0.676. The summed E-state index contributed by atoms with van der Waals surface area (Å²) in [4.78, 5) is 29.8. The normalized spacial score (nSPS) is 19.4. The van der Waals surface area contributed by atoms with E-state index in [1.54, 1.807) is 0 Å². The number of rotatable bonds is 3. The van der Waals surface area contributed by atoms with Gasteiger partial charge in [0.2, 0.25) is 5.91 Å². The van der Waals surface area contributed by atoms with Gasteiger partial charge >= 0.3 is 5.97 Å². The van der Waals surface area contributed by atoms with Gasteiger partial charge in [-0.1, -0.05) is 0 Å². The van der Waals surface area contributed by atoms with Gasteiger partial charge in [0.15, 0.2) is 10.8 Å². The topological polar surface area (TPSA) is 86.9 Å². The first-order valence-corrected chi connectivity index (χ1v) is 7.37. The molecule has 0 aromatic carbocycles. The minimum Gasteiger partial charge on any atom is -0.478 e. The number of carbonyl (C=O) groups is 2. The van der Waals surface area contributed by atoms with Crippen LogP contribution in [0.1, 0.15) is 12.6 Å². The second kappa shape index (κ2) is 5.21. The van der Waals surface area contributed by atoms with Crippen molar-refractivity contribution in [1.82, 2.24) is 14.7 Å². The second-order valence-electron chi connectivity index (χ2n) is 4.71. The molecule has 0 spiro atoms. The molecule has 1 fully saturated rings. The maximum atomic E-state index is 11.8. The highest BCUT2D eigenvalue weighted by molar-refractivity contribution is 7.15. The highest BCUT2D eigenvalue weighted by atomic mass is 32.1. The van der Waals surface area contributed by atoms with E-state index < -0.39 is 5.97 Å². The fourth-order valence-electron chi connectivity index (χ4n) is 2.38. The van der Waals surface area contributed by atoms with Gasteiger partial charge in [-0.05, 0) is 13.0 Å². The van der Waals surface area contributed by atoms with E-state index in [0.29, 0.717) is 24.6 Å². The van der Waals surface area contributed by atoms with Gasteiger partial charge in [-0.2, -0.15) is 0 Å². The monoisotopic (exact) mass is 306 g/mol. The van der Waals surface area contributed by atoms with Crippen LogP contribution < -0.4 is 10.2 Å². The Hall–Kier alpha value is -2.35. The summed E-state index contributed by atoms with van der Waals surface area (Å²) in [6.07, 6.45) is 4.44. The van der Waals surface area contributed by atoms with Crippen molar-refractivity contribution >= 4 is 40.1 Å². The molecule has 1 aliphatic rings. The third-order valence-corrected chi connectivity index (χ3v) is 4.19. The molecule has 2 aromatic rings. The molecule has 3 heterocycles. The van der Waals surface area contributed by atoms with E-state index in [4.69, 9.17) is 5.11 Å². The number of nitrogens with zero attached hydrogens (tertiary/aromatic N) is 3. The number of anilines is 1. The first-order chi connectivity index (χ1) is 10.1. The van der Waals surface area contributed by atoms with Gasteiger partial charge in [0.25, 0.3) is 0 Å². The average molecular weight is 306 g/mol. The molecule has 1 unspecified atom stereocenters. The third-order valence-electron chi connectivity index (χ3n) is 3.43. The van der Waals surface area contributed by atoms with Crippen LogP contribution in [0.15, 0.2) is 17.7 Å². The van der Waals surface area contributed by atoms with E-state index in [2.05, 4.69) is 10.3 Å². The molecule has 8 heteroatoms. The van der Waals surface area contributed by atoms with Crippen LogP contribution in [0.5, 0.6) is 0 Å². The number of nitrogens with one attached hydrogen (secondary N) is 1. The molecule has 110 valence electrons. The number of fused-ring (bicyclic) bond motifs is 1. The first kappa shape index (κ1) is 13.6. The molecule has 21 heavy (non-hydrogen) atoms. The van der Waals surface area contributed by atoms with Gasteiger partial charge in [0.1, 0.15) is 6.04 Å². The van der Waals surface area contributed by atoms with Crippen molar-refractivity contribution in [3.63, 3.8) is 0 Å². The van der Waals surface area contributed by atoms with Gasteiger partial charge < -0.3 is 15.3 Å². The Labute approximate surface area is 124 Å². The number of hydrogen-bond acceptors (Lipinski definition) is 5. The Bertz CT molecular complexity index is 733. The summed E-state index contributed by atoms with van der Waals surface area (Å²) in [6.45, 7) is 3.01. The molecule has 3 rings (SSSR count). The van der Waals surface area contributed by atoms with Gasteiger partial charge in [0, 0.05) is 30.7 Å². The van der Waals surface area contributed by atoms with Crippen LogP contribution >= 0.6 is 11.3 Å². The predicted molar refractivity (Wildman–Crippen MR) is 79.6 cm³/mol. The number of hydrogen-bond donors (Lipinski definition) is 2. The Morgan fingerprint density at radius 2 is 2.43 bits per heavy atom. The van der Waals surface area contributed by atoms with Crippen molar-refractivity contribution in [2.45, 2.75) is 13.0 Å². The maximum absolute atomic E-state index is 11.8. The number of aliphatic carboxylic acids is 1. The molecule has 0 aliphatic carbocycles. The maximum Gasteiger partial charge on any atom is 0.328 e. The molecule has 2 N–H and O–H groups in total. The minimum atomic E-state index is -1.02. The van der Waals surface area contributed by atoms with Gasteiger partial charge in [0.05, 0.1) is 5.69 Å². The second-order valence-corrected chi connectivity index (χ2v) is 5.58. The molecule has 1 aliphatic heterocycles. The van der Waals surface area contributed by atoms with Crippen LogP contribution in [-0.4, -0.2) is 45.5 Å². The lowest BCUT2D eigenvalue weighted by atomic mass is 10.2. The number of carboxylic acids is 1. The fourth-order valence-corrected chi connectivity index (χ4v) is 3.10. The van der Waals surface area contributed by atoms with Crippen LogP contribution in [0.4, 0.5) is 5.82 Å². The lowest BCUT2D eigenvalue weighted by Crippen LogP contribution is -2.54. The molecule has 0 radical (unpaired) electrons. The van der Waals surface area contributed by atoms with E-state index >= 15 is 0 Å². The highest BCUT2D eigenvalue weighted by Gasteiger charge is 2.29. The fraction of sp³-hybridized carbons (Fsp3) is 0.308. The lowest BCUT2D eigenvalue weighted by molar-refractivity contribution is -0.131. The van der Waals surface area contributed by atoms with E-state index in [-0.39, 0.29) is 11.9 Å². The molecular formula is C13H14N4O3S.